The smallest absolute Gasteiger partial charge is 0.225 e. The number of piperidine rings is 2. The monoisotopic (exact) mass is 282 g/mol. The largest absolute Gasteiger partial charge is 0.342 e. The normalized spacial score (nSPS) is 22.6. The quantitative estimate of drug-likeness (QED) is 0.776. The molecule has 2 rings (SSSR count). The molecule has 20 heavy (non-hydrogen) atoms. The third kappa shape index (κ3) is 4.76. The summed E-state index contributed by atoms with van der Waals surface area (Å²) in [4.78, 5) is 16.9. The number of hydrogen-bond acceptors (Lipinski definition) is 2. The van der Waals surface area contributed by atoms with Crippen LogP contribution in [0.1, 0.15) is 53.4 Å². The molecular weight excluding hydrogens is 248 g/mol. The fraction of sp³-hybridized carbons (Fsp3) is 0.941. The van der Waals surface area contributed by atoms with Crippen molar-refractivity contribution in [3.05, 3.63) is 0 Å². The summed E-state index contributed by atoms with van der Waals surface area (Å²) in [7, 11) is 2.15. The summed E-state index contributed by atoms with van der Waals surface area (Å²) in [6.07, 6.45) is 4.52. The van der Waals surface area contributed by atoms with Crippen LogP contribution in [0.5, 0.6) is 0 Å². The maximum Gasteiger partial charge on any atom is 0.225 e. The van der Waals surface area contributed by atoms with Gasteiger partial charge in [-0.3, -0.25) is 4.79 Å². The van der Waals surface area contributed by atoms with Crippen molar-refractivity contribution in [1.82, 2.24) is 9.80 Å². The molecule has 3 heteroatoms. The minimum Gasteiger partial charge on any atom is -0.342 e. The van der Waals surface area contributed by atoms with E-state index in [0.29, 0.717) is 11.8 Å². The summed E-state index contributed by atoms with van der Waals surface area (Å²) in [5.41, 5.74) is 0. The highest BCUT2D eigenvalue weighted by Gasteiger charge is 2.30. The third-order valence-corrected chi connectivity index (χ3v) is 4.86. The summed E-state index contributed by atoms with van der Waals surface area (Å²) < 4.78 is 0. The number of carbonyl (C=O) groups excluding carboxylic acids is 1. The van der Waals surface area contributed by atoms with Crippen LogP contribution in [0.2, 0.25) is 0 Å². The van der Waals surface area contributed by atoms with Crippen molar-refractivity contribution in [1.29, 1.82) is 0 Å². The Balaban J connectivity index is 0.000000956. The van der Waals surface area contributed by atoms with Gasteiger partial charge < -0.3 is 9.80 Å². The van der Waals surface area contributed by atoms with E-state index in [1.807, 2.05) is 13.8 Å². The van der Waals surface area contributed by atoms with Crippen molar-refractivity contribution in [2.24, 2.45) is 17.8 Å². The van der Waals surface area contributed by atoms with Crippen molar-refractivity contribution in [3.63, 3.8) is 0 Å². The van der Waals surface area contributed by atoms with Gasteiger partial charge in [0.05, 0.1) is 0 Å². The first kappa shape index (κ1) is 17.5. The second-order valence-corrected chi connectivity index (χ2v) is 6.48. The van der Waals surface area contributed by atoms with E-state index in [4.69, 9.17) is 0 Å². The Labute approximate surface area is 125 Å². The van der Waals surface area contributed by atoms with Gasteiger partial charge in [-0.1, -0.05) is 27.7 Å². The van der Waals surface area contributed by atoms with Crippen molar-refractivity contribution in [2.75, 3.05) is 33.2 Å². The van der Waals surface area contributed by atoms with E-state index in [9.17, 15) is 4.79 Å². The highest BCUT2D eigenvalue weighted by atomic mass is 16.2. The molecular formula is C17H34N2O. The van der Waals surface area contributed by atoms with Crippen molar-refractivity contribution >= 4 is 5.91 Å². The van der Waals surface area contributed by atoms with E-state index >= 15 is 0 Å². The molecule has 0 radical (unpaired) electrons. The van der Waals surface area contributed by atoms with Gasteiger partial charge in [0.15, 0.2) is 0 Å². The molecule has 2 heterocycles. The number of hydrogen-bond donors (Lipinski definition) is 0. The Hall–Kier alpha value is -0.570. The van der Waals surface area contributed by atoms with Crippen molar-refractivity contribution in [3.8, 4) is 0 Å². The third-order valence-electron chi connectivity index (χ3n) is 4.86. The minimum absolute atomic E-state index is 0.303. The van der Waals surface area contributed by atoms with E-state index in [-0.39, 0.29) is 0 Å². The first-order valence-electron chi connectivity index (χ1n) is 8.55. The molecule has 2 aliphatic rings. The van der Waals surface area contributed by atoms with Crippen LogP contribution < -0.4 is 0 Å². The van der Waals surface area contributed by atoms with Crippen molar-refractivity contribution in [2.45, 2.75) is 53.4 Å². The van der Waals surface area contributed by atoms with Crippen LogP contribution in [0.15, 0.2) is 0 Å². The second kappa shape index (κ2) is 8.66. The van der Waals surface area contributed by atoms with Gasteiger partial charge in [-0.05, 0) is 57.7 Å². The molecule has 0 N–H and O–H groups in total. The van der Waals surface area contributed by atoms with Gasteiger partial charge in [-0.15, -0.1) is 0 Å². The van der Waals surface area contributed by atoms with Crippen LogP contribution in [0.4, 0.5) is 0 Å². The maximum atomic E-state index is 12.4. The molecule has 0 aromatic heterocycles. The predicted octanol–water partition coefficient (Wildman–Crippen LogP) is 3.25. The predicted molar refractivity (Wildman–Crippen MR) is 85.7 cm³/mol. The molecule has 0 aromatic carbocycles. The Morgan fingerprint density at radius 2 is 1.45 bits per heavy atom. The molecule has 3 nitrogen and oxygen atoms in total. The Morgan fingerprint density at radius 3 is 1.90 bits per heavy atom. The molecule has 0 aromatic rings. The first-order chi connectivity index (χ1) is 9.58. The average molecular weight is 282 g/mol. The molecule has 0 aliphatic carbocycles. The van der Waals surface area contributed by atoms with Crippen LogP contribution in [0.25, 0.3) is 0 Å². The molecule has 0 unspecified atom stereocenters. The Kier molecular flexibility index (Phi) is 7.57. The zero-order chi connectivity index (χ0) is 15.1. The average Bonchev–Trinajstić information content (AvgIpc) is 2.49. The van der Waals surface area contributed by atoms with Crippen LogP contribution in [0, 0.1) is 17.8 Å². The zero-order valence-electron chi connectivity index (χ0n) is 14.2. The number of carbonyl (C=O) groups is 1. The van der Waals surface area contributed by atoms with Gasteiger partial charge in [0.1, 0.15) is 0 Å². The molecule has 0 bridgehead atoms. The molecule has 2 fully saturated rings. The van der Waals surface area contributed by atoms with E-state index in [1.165, 1.54) is 12.8 Å². The van der Waals surface area contributed by atoms with Gasteiger partial charge >= 0.3 is 0 Å². The lowest BCUT2D eigenvalue weighted by molar-refractivity contribution is -0.138. The highest BCUT2D eigenvalue weighted by Crippen LogP contribution is 2.27. The lowest BCUT2D eigenvalue weighted by Gasteiger charge is -2.37. The van der Waals surface area contributed by atoms with Crippen LogP contribution in [-0.2, 0) is 4.79 Å². The molecule has 118 valence electrons. The molecule has 0 spiro atoms. The summed E-state index contributed by atoms with van der Waals surface area (Å²) in [6, 6.07) is 0. The fourth-order valence-corrected chi connectivity index (χ4v) is 3.30. The van der Waals surface area contributed by atoms with Gasteiger partial charge in [-0.2, -0.15) is 0 Å². The minimum atomic E-state index is 0.303. The second-order valence-electron chi connectivity index (χ2n) is 6.48. The highest BCUT2D eigenvalue weighted by molar-refractivity contribution is 5.79. The van der Waals surface area contributed by atoms with Gasteiger partial charge in [0, 0.05) is 19.0 Å². The summed E-state index contributed by atoms with van der Waals surface area (Å²) >= 11 is 0. The van der Waals surface area contributed by atoms with Crippen LogP contribution in [-0.4, -0.2) is 48.9 Å². The number of nitrogens with zero attached hydrogens (tertiary/aromatic N) is 2. The van der Waals surface area contributed by atoms with Gasteiger partial charge in [0.2, 0.25) is 5.91 Å². The zero-order valence-corrected chi connectivity index (χ0v) is 14.2. The molecule has 2 saturated heterocycles. The molecule has 2 aliphatic heterocycles. The Bertz CT molecular complexity index is 275. The summed E-state index contributed by atoms with van der Waals surface area (Å²) in [5, 5.41) is 0. The van der Waals surface area contributed by atoms with E-state index in [0.717, 1.165) is 50.9 Å². The summed E-state index contributed by atoms with van der Waals surface area (Å²) in [5.74, 6) is 2.33. The lowest BCUT2D eigenvalue weighted by Crippen LogP contribution is -2.45. The fourth-order valence-electron chi connectivity index (χ4n) is 3.30. The van der Waals surface area contributed by atoms with E-state index < -0.39 is 0 Å². The van der Waals surface area contributed by atoms with Crippen molar-refractivity contribution < 1.29 is 4.79 Å². The molecule has 0 saturated carbocycles. The Morgan fingerprint density at radius 1 is 0.950 bits per heavy atom. The standard InChI is InChI=1S/C15H28N2O.C2H6/c1-12(2)13-6-10-17(11-7-13)15(18)14-4-8-16(3)9-5-14;1-2/h12-14H,4-11H2,1-3H3;1-2H3. The van der Waals surface area contributed by atoms with E-state index in [1.54, 1.807) is 0 Å². The van der Waals surface area contributed by atoms with Gasteiger partial charge in [0.25, 0.3) is 0 Å². The summed E-state index contributed by atoms with van der Waals surface area (Å²) in [6.45, 7) is 12.8. The number of rotatable bonds is 2. The maximum absolute atomic E-state index is 12.4. The molecule has 0 atom stereocenters. The van der Waals surface area contributed by atoms with Crippen LogP contribution in [0.3, 0.4) is 0 Å². The topological polar surface area (TPSA) is 23.6 Å². The lowest BCUT2D eigenvalue weighted by atomic mass is 9.86. The first-order valence-corrected chi connectivity index (χ1v) is 8.55. The van der Waals surface area contributed by atoms with Crippen LogP contribution >= 0.6 is 0 Å². The number of amides is 1. The number of likely N-dealkylation sites (tertiary alicyclic amines) is 2. The SMILES string of the molecule is CC.CC(C)C1CCN(C(=O)C2CCN(C)CC2)CC1. The van der Waals surface area contributed by atoms with Gasteiger partial charge in [-0.25, -0.2) is 0 Å². The van der Waals surface area contributed by atoms with E-state index in [2.05, 4.69) is 30.7 Å². The molecule has 1 amide bonds.